The minimum absolute atomic E-state index is 0.228. The molecule has 0 aromatic heterocycles. The SMILES string of the molecule is COc1cc(/C=C2\SC(=O)N(Cc3ccccc3C)C2=O)ccc1OC(=O)c1ccc(C)cc1. The first kappa shape index (κ1) is 23.3. The zero-order chi connectivity index (χ0) is 24.2. The maximum atomic E-state index is 12.9. The number of rotatable bonds is 6. The number of nitrogens with zero attached hydrogens (tertiary/aromatic N) is 1. The van der Waals surface area contributed by atoms with Gasteiger partial charge in [0, 0.05) is 0 Å². The normalized spacial score (nSPS) is 14.6. The highest BCUT2D eigenvalue weighted by Crippen LogP contribution is 2.35. The van der Waals surface area contributed by atoms with Gasteiger partial charge < -0.3 is 9.47 Å². The molecule has 4 rings (SSSR count). The van der Waals surface area contributed by atoms with Crippen LogP contribution in [0, 0.1) is 13.8 Å². The van der Waals surface area contributed by atoms with E-state index < -0.39 is 5.97 Å². The van der Waals surface area contributed by atoms with Gasteiger partial charge in [0.15, 0.2) is 11.5 Å². The van der Waals surface area contributed by atoms with E-state index in [-0.39, 0.29) is 23.4 Å². The van der Waals surface area contributed by atoms with E-state index in [0.717, 1.165) is 28.5 Å². The van der Waals surface area contributed by atoms with Crippen molar-refractivity contribution < 1.29 is 23.9 Å². The topological polar surface area (TPSA) is 72.9 Å². The molecule has 172 valence electrons. The third-order valence-corrected chi connectivity index (χ3v) is 6.35. The van der Waals surface area contributed by atoms with Gasteiger partial charge in [0.05, 0.1) is 24.1 Å². The zero-order valence-electron chi connectivity index (χ0n) is 19.0. The third-order valence-electron chi connectivity index (χ3n) is 5.44. The highest BCUT2D eigenvalue weighted by molar-refractivity contribution is 8.18. The van der Waals surface area contributed by atoms with Crippen molar-refractivity contribution in [2.45, 2.75) is 20.4 Å². The first-order valence-electron chi connectivity index (χ1n) is 10.6. The molecule has 0 aliphatic carbocycles. The number of amides is 2. The molecular formula is C27H23NO5S. The lowest BCUT2D eigenvalue weighted by Crippen LogP contribution is -2.27. The monoisotopic (exact) mass is 473 g/mol. The van der Waals surface area contributed by atoms with Crippen LogP contribution in [0.3, 0.4) is 0 Å². The molecular weight excluding hydrogens is 450 g/mol. The molecule has 0 spiro atoms. The summed E-state index contributed by atoms with van der Waals surface area (Å²) in [4.78, 5) is 39.4. The van der Waals surface area contributed by atoms with E-state index in [1.807, 2.05) is 50.2 Å². The molecule has 1 aliphatic rings. The molecule has 1 aliphatic heterocycles. The molecule has 0 N–H and O–H groups in total. The number of hydrogen-bond donors (Lipinski definition) is 0. The Morgan fingerprint density at radius 2 is 1.71 bits per heavy atom. The molecule has 3 aromatic rings. The minimum Gasteiger partial charge on any atom is -0.493 e. The Bertz CT molecular complexity index is 1300. The fraction of sp³-hybridized carbons (Fsp3) is 0.148. The summed E-state index contributed by atoms with van der Waals surface area (Å²) in [5.41, 5.74) is 4.06. The molecule has 34 heavy (non-hydrogen) atoms. The number of aryl methyl sites for hydroxylation is 2. The second-order valence-electron chi connectivity index (χ2n) is 7.86. The number of carbonyl (C=O) groups excluding carboxylic acids is 3. The second-order valence-corrected chi connectivity index (χ2v) is 8.85. The number of benzene rings is 3. The number of ether oxygens (including phenoxy) is 2. The van der Waals surface area contributed by atoms with Gasteiger partial charge >= 0.3 is 5.97 Å². The van der Waals surface area contributed by atoms with Crippen molar-refractivity contribution in [2.75, 3.05) is 7.11 Å². The number of methoxy groups -OCH3 is 1. The fourth-order valence-electron chi connectivity index (χ4n) is 3.45. The van der Waals surface area contributed by atoms with Gasteiger partial charge in [-0.15, -0.1) is 0 Å². The summed E-state index contributed by atoms with van der Waals surface area (Å²) < 4.78 is 10.9. The van der Waals surface area contributed by atoms with Crippen molar-refractivity contribution in [3.8, 4) is 11.5 Å². The lowest BCUT2D eigenvalue weighted by atomic mass is 10.1. The van der Waals surface area contributed by atoms with E-state index >= 15 is 0 Å². The van der Waals surface area contributed by atoms with Gasteiger partial charge in [-0.3, -0.25) is 14.5 Å². The van der Waals surface area contributed by atoms with Crippen LogP contribution in [0.4, 0.5) is 4.79 Å². The summed E-state index contributed by atoms with van der Waals surface area (Å²) in [5, 5.41) is -0.310. The van der Waals surface area contributed by atoms with Gasteiger partial charge in [0.25, 0.3) is 11.1 Å². The molecule has 2 amide bonds. The second kappa shape index (κ2) is 9.97. The first-order chi connectivity index (χ1) is 16.4. The number of carbonyl (C=O) groups is 3. The Balaban J connectivity index is 1.52. The van der Waals surface area contributed by atoms with E-state index in [0.29, 0.717) is 21.8 Å². The Labute approximate surface area is 202 Å². The van der Waals surface area contributed by atoms with Gasteiger partial charge in [0.1, 0.15) is 0 Å². The van der Waals surface area contributed by atoms with Gasteiger partial charge in [-0.1, -0.05) is 48.0 Å². The smallest absolute Gasteiger partial charge is 0.343 e. The number of hydrogen-bond acceptors (Lipinski definition) is 6. The van der Waals surface area contributed by atoms with E-state index in [1.165, 1.54) is 12.0 Å². The quantitative estimate of drug-likeness (QED) is 0.257. The molecule has 0 bridgehead atoms. The predicted molar refractivity (Wildman–Crippen MR) is 132 cm³/mol. The highest BCUT2D eigenvalue weighted by atomic mass is 32.2. The van der Waals surface area contributed by atoms with Gasteiger partial charge in [-0.2, -0.15) is 0 Å². The fourth-order valence-corrected chi connectivity index (χ4v) is 4.29. The predicted octanol–water partition coefficient (Wildman–Crippen LogP) is 5.77. The molecule has 3 aromatic carbocycles. The molecule has 0 atom stereocenters. The standard InChI is InChI=1S/C27H23NO5S/c1-17-8-11-20(12-9-17)26(30)33-22-13-10-19(14-23(22)32-3)15-24-25(29)28(27(31)34-24)16-21-7-5-4-6-18(21)2/h4-15H,16H2,1-3H3/b24-15-. The van der Waals surface area contributed by atoms with E-state index in [4.69, 9.17) is 9.47 Å². The minimum atomic E-state index is -0.497. The molecule has 6 nitrogen and oxygen atoms in total. The largest absolute Gasteiger partial charge is 0.493 e. The Hall–Kier alpha value is -3.84. The van der Waals surface area contributed by atoms with Crippen LogP contribution in [0.25, 0.3) is 6.08 Å². The van der Waals surface area contributed by atoms with E-state index in [2.05, 4.69) is 0 Å². The lowest BCUT2D eigenvalue weighted by molar-refractivity contribution is -0.123. The molecule has 0 saturated carbocycles. The average Bonchev–Trinajstić information content (AvgIpc) is 3.09. The Morgan fingerprint density at radius 1 is 0.971 bits per heavy atom. The van der Waals surface area contributed by atoms with Crippen molar-refractivity contribution >= 4 is 35.0 Å². The van der Waals surface area contributed by atoms with Crippen molar-refractivity contribution in [3.05, 3.63) is 99.5 Å². The summed E-state index contributed by atoms with van der Waals surface area (Å²) >= 11 is 0.901. The zero-order valence-corrected chi connectivity index (χ0v) is 19.8. The summed E-state index contributed by atoms with van der Waals surface area (Å²) in [5.74, 6) is -0.235. The Kier molecular flexibility index (Phi) is 6.84. The number of imide groups is 1. The van der Waals surface area contributed by atoms with Gasteiger partial charge in [-0.25, -0.2) is 4.79 Å². The molecule has 1 heterocycles. The Morgan fingerprint density at radius 3 is 2.41 bits per heavy atom. The summed E-state index contributed by atoms with van der Waals surface area (Å²) in [6, 6.07) is 19.7. The highest BCUT2D eigenvalue weighted by Gasteiger charge is 2.35. The van der Waals surface area contributed by atoms with Crippen LogP contribution >= 0.6 is 11.8 Å². The summed E-state index contributed by atoms with van der Waals surface area (Å²) in [6.07, 6.45) is 1.64. The van der Waals surface area contributed by atoms with Crippen LogP contribution in [0.2, 0.25) is 0 Å². The van der Waals surface area contributed by atoms with E-state index in [9.17, 15) is 14.4 Å². The third kappa shape index (κ3) is 5.05. The van der Waals surface area contributed by atoms with Crippen LogP contribution in [-0.2, 0) is 11.3 Å². The summed E-state index contributed by atoms with van der Waals surface area (Å²) in [6.45, 7) is 4.11. The number of esters is 1. The van der Waals surface area contributed by atoms with Gasteiger partial charge in [0.2, 0.25) is 0 Å². The van der Waals surface area contributed by atoms with Crippen LogP contribution in [0.15, 0.2) is 71.6 Å². The molecule has 0 unspecified atom stereocenters. The molecule has 0 radical (unpaired) electrons. The van der Waals surface area contributed by atoms with Crippen molar-refractivity contribution in [3.63, 3.8) is 0 Å². The lowest BCUT2D eigenvalue weighted by Gasteiger charge is -2.14. The average molecular weight is 474 g/mol. The first-order valence-corrected chi connectivity index (χ1v) is 11.4. The van der Waals surface area contributed by atoms with Crippen LogP contribution in [-0.4, -0.2) is 29.1 Å². The maximum Gasteiger partial charge on any atom is 0.343 e. The summed E-state index contributed by atoms with van der Waals surface area (Å²) in [7, 11) is 1.47. The van der Waals surface area contributed by atoms with Crippen molar-refractivity contribution in [1.82, 2.24) is 4.90 Å². The molecule has 7 heteroatoms. The van der Waals surface area contributed by atoms with Crippen molar-refractivity contribution in [2.24, 2.45) is 0 Å². The van der Waals surface area contributed by atoms with E-state index in [1.54, 1.807) is 36.4 Å². The maximum absolute atomic E-state index is 12.9. The number of thioether (sulfide) groups is 1. The molecule has 1 fully saturated rings. The van der Waals surface area contributed by atoms with Crippen LogP contribution < -0.4 is 9.47 Å². The van der Waals surface area contributed by atoms with Crippen molar-refractivity contribution in [1.29, 1.82) is 0 Å². The van der Waals surface area contributed by atoms with Gasteiger partial charge in [-0.05, 0) is 72.6 Å². The van der Waals surface area contributed by atoms with Crippen LogP contribution in [0.1, 0.15) is 32.6 Å². The van der Waals surface area contributed by atoms with Crippen LogP contribution in [0.5, 0.6) is 11.5 Å². The molecule has 1 saturated heterocycles.